The van der Waals surface area contributed by atoms with Gasteiger partial charge in [-0.3, -0.25) is 9.59 Å². The van der Waals surface area contributed by atoms with Gasteiger partial charge in [-0.2, -0.15) is 0 Å². The van der Waals surface area contributed by atoms with E-state index in [0.717, 1.165) is 40.0 Å². The van der Waals surface area contributed by atoms with E-state index >= 15 is 0 Å². The normalized spacial score (nSPS) is 29.4. The maximum absolute atomic E-state index is 11.2. The van der Waals surface area contributed by atoms with Crippen LogP contribution in [0, 0.1) is 17.8 Å². The highest BCUT2D eigenvalue weighted by Crippen LogP contribution is 2.62. The molecule has 0 saturated heterocycles. The minimum atomic E-state index is -0.575. The van der Waals surface area contributed by atoms with Crippen molar-refractivity contribution in [2.24, 2.45) is 17.8 Å². The maximum atomic E-state index is 11.2. The van der Waals surface area contributed by atoms with Crippen molar-refractivity contribution in [1.82, 2.24) is 0 Å². The van der Waals surface area contributed by atoms with Gasteiger partial charge in [0.15, 0.2) is 6.29 Å². The number of benzene rings is 2. The second kappa shape index (κ2) is 7.39. The second-order valence-corrected chi connectivity index (χ2v) is 9.93. The fourth-order valence-electron chi connectivity index (χ4n) is 6.66. The van der Waals surface area contributed by atoms with Crippen LogP contribution >= 0.6 is 11.6 Å². The highest BCUT2D eigenvalue weighted by Gasteiger charge is 2.52. The third-order valence-electron chi connectivity index (χ3n) is 7.47. The molecule has 2 aromatic rings. The third-order valence-corrected chi connectivity index (χ3v) is 7.78. The average Bonchev–Trinajstić information content (AvgIpc) is 2.71. The molecule has 1 N–H and O–H groups in total. The summed E-state index contributed by atoms with van der Waals surface area (Å²) in [6, 6.07) is 11.5. The molecule has 0 radical (unpaired) electrons. The second-order valence-electron chi connectivity index (χ2n) is 9.52. The molecule has 3 nitrogen and oxygen atoms in total. The molecular weight excluding hydrogens is 396 g/mol. The van der Waals surface area contributed by atoms with Crippen LogP contribution < -0.4 is 0 Å². The van der Waals surface area contributed by atoms with Crippen molar-refractivity contribution in [3.63, 3.8) is 0 Å². The summed E-state index contributed by atoms with van der Waals surface area (Å²) in [6.45, 7) is 0. The lowest BCUT2D eigenvalue weighted by molar-refractivity contribution is -0.126. The molecule has 4 aliphatic rings. The topological polar surface area (TPSA) is 54.4 Å². The van der Waals surface area contributed by atoms with Crippen LogP contribution in [0.4, 0.5) is 0 Å². The molecule has 4 heteroatoms. The predicted octanol–water partition coefficient (Wildman–Crippen LogP) is 5.96. The van der Waals surface area contributed by atoms with Crippen molar-refractivity contribution in [1.29, 1.82) is 0 Å². The summed E-state index contributed by atoms with van der Waals surface area (Å²) in [5.74, 6) is 2.26. The Kier molecular flexibility index (Phi) is 4.82. The minimum absolute atomic E-state index is 0.110. The first-order chi connectivity index (χ1) is 14.5. The largest absolute Gasteiger partial charge is 0.508 e. The Hall–Kier alpha value is -2.39. The number of rotatable bonds is 5. The van der Waals surface area contributed by atoms with Gasteiger partial charge < -0.3 is 5.11 Å². The number of carbonyl (C=O) groups excluding carboxylic acids is 2. The summed E-state index contributed by atoms with van der Waals surface area (Å²) >= 11 is 6.57. The highest BCUT2D eigenvalue weighted by atomic mass is 35.5. The van der Waals surface area contributed by atoms with Crippen molar-refractivity contribution < 1.29 is 14.7 Å². The van der Waals surface area contributed by atoms with E-state index in [1.807, 2.05) is 24.3 Å². The Morgan fingerprint density at radius 1 is 1.00 bits per heavy atom. The van der Waals surface area contributed by atoms with Crippen LogP contribution in [-0.4, -0.2) is 17.2 Å². The number of hydrogen-bond donors (Lipinski definition) is 1. The molecule has 6 rings (SSSR count). The zero-order valence-corrected chi connectivity index (χ0v) is 17.6. The summed E-state index contributed by atoms with van der Waals surface area (Å²) in [5.41, 5.74) is 3.87. The number of aromatic hydroxyl groups is 1. The summed E-state index contributed by atoms with van der Waals surface area (Å²) in [4.78, 5) is 21.7. The molecule has 0 spiro atoms. The van der Waals surface area contributed by atoms with Gasteiger partial charge in [0.1, 0.15) is 5.75 Å². The van der Waals surface area contributed by atoms with Crippen LogP contribution in [-0.2, 0) is 15.0 Å². The Morgan fingerprint density at radius 2 is 1.67 bits per heavy atom. The van der Waals surface area contributed by atoms with Gasteiger partial charge in [0.25, 0.3) is 0 Å². The van der Waals surface area contributed by atoms with Gasteiger partial charge >= 0.3 is 0 Å². The van der Waals surface area contributed by atoms with Crippen LogP contribution in [0.25, 0.3) is 17.2 Å². The number of halogens is 1. The standard InChI is InChI=1S/C26H25ClO3/c27-24-10-16(1-4-21(29)15-28)2-5-22(24)20-3-6-25(30)23(11-20)26-12-17-7-18(13-26)9-19(8-17)14-26/h1-6,10-11,15,17-19,30H,7-9,12-14H2/b4-1+. The number of carbonyl (C=O) groups is 2. The van der Waals surface area contributed by atoms with Crippen LogP contribution in [0.2, 0.25) is 5.02 Å². The summed E-state index contributed by atoms with van der Waals surface area (Å²) in [5, 5.41) is 11.4. The first-order valence-corrected chi connectivity index (χ1v) is 11.1. The predicted molar refractivity (Wildman–Crippen MR) is 119 cm³/mol. The average molecular weight is 421 g/mol. The Morgan fingerprint density at radius 3 is 2.27 bits per heavy atom. The van der Waals surface area contributed by atoms with Crippen LogP contribution in [0.15, 0.2) is 42.5 Å². The molecular formula is C26H25ClO3. The zero-order chi connectivity index (χ0) is 20.9. The van der Waals surface area contributed by atoms with Crippen LogP contribution in [0.1, 0.15) is 49.7 Å². The number of ketones is 1. The molecule has 4 bridgehead atoms. The highest BCUT2D eigenvalue weighted by molar-refractivity contribution is 6.33. The summed E-state index contributed by atoms with van der Waals surface area (Å²) < 4.78 is 0. The molecule has 154 valence electrons. The molecule has 30 heavy (non-hydrogen) atoms. The van der Waals surface area contributed by atoms with Gasteiger partial charge in [-0.15, -0.1) is 0 Å². The molecule has 0 unspecified atom stereocenters. The summed E-state index contributed by atoms with van der Waals surface area (Å²) in [7, 11) is 0. The lowest BCUT2D eigenvalue weighted by atomic mass is 9.48. The van der Waals surface area contributed by atoms with E-state index in [-0.39, 0.29) is 11.7 Å². The van der Waals surface area contributed by atoms with E-state index < -0.39 is 5.78 Å². The zero-order valence-electron chi connectivity index (χ0n) is 16.8. The van der Waals surface area contributed by atoms with E-state index in [0.29, 0.717) is 10.8 Å². The van der Waals surface area contributed by atoms with E-state index in [9.17, 15) is 14.7 Å². The number of phenolic OH excluding ortho intramolecular Hbond substituents is 1. The van der Waals surface area contributed by atoms with Crippen molar-refractivity contribution in [3.8, 4) is 16.9 Å². The summed E-state index contributed by atoms with van der Waals surface area (Å²) in [6.07, 6.45) is 10.8. The first kappa shape index (κ1) is 19.6. The SMILES string of the molecule is O=CC(=O)/C=C/c1ccc(-c2ccc(O)c(C34CC5CC(CC(C5)C3)C4)c2)c(Cl)c1. The maximum Gasteiger partial charge on any atom is 0.218 e. The van der Waals surface area contributed by atoms with Gasteiger partial charge in [-0.25, -0.2) is 0 Å². The fraction of sp³-hybridized carbons (Fsp3) is 0.385. The monoisotopic (exact) mass is 420 g/mol. The Bertz CT molecular complexity index is 1020. The molecule has 4 aliphatic carbocycles. The molecule has 4 fully saturated rings. The third kappa shape index (κ3) is 3.39. The van der Waals surface area contributed by atoms with Crippen molar-refractivity contribution >= 4 is 29.7 Å². The molecule has 4 saturated carbocycles. The van der Waals surface area contributed by atoms with E-state index in [2.05, 4.69) is 6.07 Å². The quantitative estimate of drug-likeness (QED) is 0.368. The van der Waals surface area contributed by atoms with Crippen molar-refractivity contribution in [2.75, 3.05) is 0 Å². The number of allylic oxidation sites excluding steroid dienone is 1. The lowest BCUT2D eigenvalue weighted by Crippen LogP contribution is -2.48. The molecule has 0 aromatic heterocycles. The Balaban J connectivity index is 1.49. The number of phenols is 1. The van der Waals surface area contributed by atoms with Gasteiger partial charge in [0.05, 0.1) is 0 Å². The molecule has 2 aromatic carbocycles. The van der Waals surface area contributed by atoms with Crippen LogP contribution in [0.3, 0.4) is 0 Å². The fourth-order valence-corrected chi connectivity index (χ4v) is 6.95. The van der Waals surface area contributed by atoms with E-state index in [1.165, 1.54) is 44.6 Å². The van der Waals surface area contributed by atoms with Gasteiger partial charge in [-0.05, 0) is 97.1 Å². The molecule has 0 atom stereocenters. The molecule has 0 heterocycles. The van der Waals surface area contributed by atoms with Crippen molar-refractivity contribution in [3.05, 3.63) is 58.6 Å². The smallest absolute Gasteiger partial charge is 0.218 e. The van der Waals surface area contributed by atoms with Crippen molar-refractivity contribution in [2.45, 2.75) is 43.9 Å². The van der Waals surface area contributed by atoms with Gasteiger partial charge in [-0.1, -0.05) is 35.9 Å². The Labute approximate surface area is 181 Å². The van der Waals surface area contributed by atoms with Gasteiger partial charge in [0.2, 0.25) is 5.78 Å². The van der Waals surface area contributed by atoms with Crippen LogP contribution in [0.5, 0.6) is 5.75 Å². The first-order valence-electron chi connectivity index (χ1n) is 10.8. The lowest BCUT2D eigenvalue weighted by Gasteiger charge is -2.57. The molecule has 0 aliphatic heterocycles. The number of aldehydes is 1. The van der Waals surface area contributed by atoms with Gasteiger partial charge in [0, 0.05) is 16.1 Å². The molecule has 0 amide bonds. The van der Waals surface area contributed by atoms with E-state index in [1.54, 1.807) is 12.1 Å². The minimum Gasteiger partial charge on any atom is -0.508 e. The number of hydrogen-bond acceptors (Lipinski definition) is 3. The van der Waals surface area contributed by atoms with E-state index in [4.69, 9.17) is 11.6 Å².